The van der Waals surface area contributed by atoms with Gasteiger partial charge in [-0.05, 0) is 40.6 Å². The third-order valence-corrected chi connectivity index (χ3v) is 3.99. The molecule has 150 valence electrons. The van der Waals surface area contributed by atoms with E-state index in [1.165, 1.54) is 53.3 Å². The maximum absolute atomic E-state index is 13.4. The molecule has 0 radical (unpaired) electrons. The fraction of sp³-hybridized carbons (Fsp3) is 0.200. The van der Waals surface area contributed by atoms with Crippen LogP contribution in [-0.2, 0) is 21.0 Å². The van der Waals surface area contributed by atoms with Gasteiger partial charge < -0.3 is 9.47 Å². The third-order valence-electron chi connectivity index (χ3n) is 3.99. The number of ether oxygens (including phenoxy) is 2. The van der Waals surface area contributed by atoms with E-state index in [1.54, 1.807) is 7.11 Å². The van der Waals surface area contributed by atoms with Crippen LogP contribution in [0.15, 0.2) is 48.5 Å². The lowest BCUT2D eigenvalue weighted by Gasteiger charge is -2.11. The van der Waals surface area contributed by atoms with Gasteiger partial charge in [-0.2, -0.15) is 0 Å². The third kappa shape index (κ3) is 5.15. The zero-order chi connectivity index (χ0) is 20.6. The van der Waals surface area contributed by atoms with Crippen LogP contribution in [0.5, 0.6) is 0 Å². The van der Waals surface area contributed by atoms with Gasteiger partial charge in [0.1, 0.15) is 11.6 Å². The Labute approximate surface area is 165 Å². The van der Waals surface area contributed by atoms with E-state index in [1.807, 2.05) is 0 Å². The first-order valence-corrected chi connectivity index (χ1v) is 8.68. The van der Waals surface area contributed by atoms with Gasteiger partial charge in [0.25, 0.3) is 0 Å². The summed E-state index contributed by atoms with van der Waals surface area (Å²) in [6.07, 6.45) is 0.592. The molecule has 0 spiro atoms. The van der Waals surface area contributed by atoms with Crippen molar-refractivity contribution in [3.63, 3.8) is 0 Å². The van der Waals surface area contributed by atoms with Crippen molar-refractivity contribution in [2.75, 3.05) is 20.3 Å². The van der Waals surface area contributed by atoms with Gasteiger partial charge in [-0.15, -0.1) is 15.0 Å². The second kappa shape index (κ2) is 9.76. The molecule has 9 heteroatoms. The second-order valence-electron chi connectivity index (χ2n) is 5.94. The van der Waals surface area contributed by atoms with Gasteiger partial charge in [0, 0.05) is 12.7 Å². The molecule has 1 aromatic heterocycles. The monoisotopic (exact) mass is 400 g/mol. The van der Waals surface area contributed by atoms with Crippen molar-refractivity contribution in [2.24, 2.45) is 0 Å². The predicted octanol–water partition coefficient (Wildman–Crippen LogP) is 2.73. The average Bonchev–Trinajstić information content (AvgIpc) is 3.20. The van der Waals surface area contributed by atoms with E-state index in [2.05, 4.69) is 15.4 Å². The van der Waals surface area contributed by atoms with Gasteiger partial charge in [-0.1, -0.05) is 24.3 Å². The maximum Gasteiger partial charge on any atom is 0.208 e. The molecule has 3 aromatic rings. The van der Waals surface area contributed by atoms with Gasteiger partial charge in [0.15, 0.2) is 13.0 Å². The van der Waals surface area contributed by atoms with Gasteiger partial charge in [0.2, 0.25) is 5.82 Å². The molecule has 7 nitrogen and oxygen atoms in total. The highest BCUT2D eigenvalue weighted by molar-refractivity contribution is 6.19. The number of aromatic nitrogens is 4. The average molecular weight is 400 g/mol. The van der Waals surface area contributed by atoms with Crippen LogP contribution in [0.25, 0.3) is 11.1 Å². The predicted molar refractivity (Wildman–Crippen MR) is 100 cm³/mol. The van der Waals surface area contributed by atoms with E-state index in [4.69, 9.17) is 9.47 Å². The summed E-state index contributed by atoms with van der Waals surface area (Å²) in [4.78, 5) is 13.2. The minimum absolute atomic E-state index is 0.0327. The largest absolute Gasteiger partial charge is 0.382 e. The zero-order valence-electron chi connectivity index (χ0n) is 15.6. The van der Waals surface area contributed by atoms with Crippen molar-refractivity contribution in [3.8, 4) is 0 Å². The van der Waals surface area contributed by atoms with E-state index >= 15 is 0 Å². The lowest BCUT2D eigenvalue weighted by molar-refractivity contribution is -0.103. The first kappa shape index (κ1) is 20.4. The van der Waals surface area contributed by atoms with Crippen molar-refractivity contribution in [2.45, 2.75) is 6.73 Å². The van der Waals surface area contributed by atoms with Crippen molar-refractivity contribution in [1.82, 2.24) is 20.2 Å². The quantitative estimate of drug-likeness (QED) is 0.312. The summed E-state index contributed by atoms with van der Waals surface area (Å²) in [5.41, 5.74) is 1.66. The minimum Gasteiger partial charge on any atom is -0.382 e. The Morgan fingerprint density at radius 1 is 1.00 bits per heavy atom. The Bertz CT molecular complexity index is 938. The molecule has 0 unspecified atom stereocenters. The molecular weight excluding hydrogens is 382 g/mol. The van der Waals surface area contributed by atoms with Crippen molar-refractivity contribution in [1.29, 1.82) is 0 Å². The number of hydrogen-bond acceptors (Lipinski definition) is 6. The molecule has 0 aliphatic rings. The Morgan fingerprint density at radius 2 is 1.59 bits per heavy atom. The Balaban J connectivity index is 2.03. The highest BCUT2D eigenvalue weighted by Gasteiger charge is 2.18. The van der Waals surface area contributed by atoms with Crippen LogP contribution in [0.1, 0.15) is 17.0 Å². The number of carbonyl (C=O) groups excluding carboxylic acids is 1. The second-order valence-corrected chi connectivity index (χ2v) is 5.94. The molecule has 0 saturated heterocycles. The van der Waals surface area contributed by atoms with E-state index < -0.39 is 11.6 Å². The van der Waals surface area contributed by atoms with Gasteiger partial charge >= 0.3 is 0 Å². The molecule has 0 aliphatic heterocycles. The van der Waals surface area contributed by atoms with E-state index in [-0.39, 0.29) is 18.1 Å². The zero-order valence-corrected chi connectivity index (χ0v) is 15.6. The van der Waals surface area contributed by atoms with E-state index in [9.17, 15) is 13.6 Å². The molecular formula is C20H18F2N4O3. The molecule has 0 amide bonds. The number of methoxy groups -OCH3 is 1. The number of hydrogen-bond donors (Lipinski definition) is 0. The smallest absolute Gasteiger partial charge is 0.208 e. The fourth-order valence-corrected chi connectivity index (χ4v) is 2.63. The van der Waals surface area contributed by atoms with Gasteiger partial charge in [-0.3, -0.25) is 4.79 Å². The van der Waals surface area contributed by atoms with E-state index in [0.717, 1.165) is 0 Å². The number of halogens is 2. The van der Waals surface area contributed by atoms with Crippen LogP contribution in [0.2, 0.25) is 0 Å². The first-order valence-electron chi connectivity index (χ1n) is 8.68. The summed E-state index contributed by atoms with van der Waals surface area (Å²) >= 11 is 0. The number of carbonyl (C=O) groups is 1. The van der Waals surface area contributed by atoms with Crippen LogP contribution in [0.4, 0.5) is 8.78 Å². The lowest BCUT2D eigenvalue weighted by Crippen LogP contribution is -2.10. The summed E-state index contributed by atoms with van der Waals surface area (Å²) in [5.74, 6) is -0.770. The molecule has 2 aromatic carbocycles. The summed E-state index contributed by atoms with van der Waals surface area (Å²) in [5, 5.41) is 12.0. The van der Waals surface area contributed by atoms with Crippen molar-refractivity contribution in [3.05, 3.63) is 77.1 Å². The molecule has 0 saturated carbocycles. The van der Waals surface area contributed by atoms with Crippen molar-refractivity contribution < 1.29 is 23.0 Å². The number of benzene rings is 2. The number of aldehydes is 1. The summed E-state index contributed by atoms with van der Waals surface area (Å²) < 4.78 is 37.0. The number of allylic oxidation sites excluding steroid dienone is 1. The first-order chi connectivity index (χ1) is 14.1. The molecule has 3 rings (SSSR count). The molecule has 0 bridgehead atoms. The van der Waals surface area contributed by atoms with Crippen molar-refractivity contribution >= 4 is 17.4 Å². The molecule has 0 aliphatic carbocycles. The highest BCUT2D eigenvalue weighted by atomic mass is 19.1. The van der Waals surface area contributed by atoms with Crippen LogP contribution in [0, 0.1) is 11.6 Å². The standard InChI is InChI=1S/C20H18F2N4O3/c1-28-10-11-29-13-26-24-20(23-25-26)18(12-27)19(14-2-6-16(21)7-3-14)15-4-8-17(22)9-5-15/h2-9,12H,10-11,13H2,1H3. The highest BCUT2D eigenvalue weighted by Crippen LogP contribution is 2.30. The van der Waals surface area contributed by atoms with Crippen LogP contribution in [0.3, 0.4) is 0 Å². The number of rotatable bonds is 9. The van der Waals surface area contributed by atoms with E-state index in [0.29, 0.717) is 36.2 Å². The number of nitrogens with zero attached hydrogens (tertiary/aromatic N) is 4. The fourth-order valence-electron chi connectivity index (χ4n) is 2.63. The van der Waals surface area contributed by atoms with Gasteiger partial charge in [0.05, 0.1) is 18.8 Å². The normalized spacial score (nSPS) is 10.7. The molecule has 0 fully saturated rings. The van der Waals surface area contributed by atoms with Crippen LogP contribution < -0.4 is 0 Å². The summed E-state index contributed by atoms with van der Waals surface area (Å²) in [6.45, 7) is 0.797. The molecule has 0 N–H and O–H groups in total. The Morgan fingerprint density at radius 3 is 2.10 bits per heavy atom. The molecule has 29 heavy (non-hydrogen) atoms. The topological polar surface area (TPSA) is 79.1 Å². The van der Waals surface area contributed by atoms with Crippen LogP contribution >= 0.6 is 0 Å². The minimum atomic E-state index is -0.419. The maximum atomic E-state index is 13.4. The number of tetrazole rings is 1. The summed E-state index contributed by atoms with van der Waals surface area (Å²) in [7, 11) is 1.56. The van der Waals surface area contributed by atoms with Crippen LogP contribution in [-0.4, -0.2) is 46.8 Å². The Kier molecular flexibility index (Phi) is 6.88. The van der Waals surface area contributed by atoms with Gasteiger partial charge in [-0.25, -0.2) is 8.78 Å². The Hall–Kier alpha value is -3.30. The SMILES string of the molecule is COCCOCn1nnc(C(C=O)=C(c2ccc(F)cc2)c2ccc(F)cc2)n1. The molecule has 1 heterocycles. The molecule has 0 atom stereocenters. The lowest BCUT2D eigenvalue weighted by atomic mass is 9.93. The summed E-state index contributed by atoms with van der Waals surface area (Å²) in [6, 6.07) is 11.2.